The molecule has 0 aliphatic heterocycles. The third kappa shape index (κ3) is 9.64. The van der Waals surface area contributed by atoms with Gasteiger partial charge in [0, 0.05) is 12.4 Å². The first kappa shape index (κ1) is 29.4. The quantitative estimate of drug-likeness (QED) is 0.424. The molecule has 2 aromatic heterocycles. The third-order valence-electron chi connectivity index (χ3n) is 5.01. The Morgan fingerprint density at radius 1 is 0.970 bits per heavy atom. The van der Waals surface area contributed by atoms with E-state index in [2.05, 4.69) is 44.1 Å². The van der Waals surface area contributed by atoms with Crippen LogP contribution in [0.2, 0.25) is 18.1 Å². The van der Waals surface area contributed by atoms with Crippen molar-refractivity contribution in [1.82, 2.24) is 19.6 Å². The van der Waals surface area contributed by atoms with E-state index in [-0.39, 0.29) is 27.7 Å². The third-order valence-corrected chi connectivity index (χ3v) is 11.2. The molecule has 0 unspecified atom stereocenters. The fourth-order valence-electron chi connectivity index (χ4n) is 2.44. The number of hydrogen-bond donors (Lipinski definition) is 3. The van der Waals surface area contributed by atoms with E-state index in [1.54, 1.807) is 17.8 Å². The molecule has 0 spiro atoms. The Labute approximate surface area is 197 Å². The molecule has 0 aliphatic rings. The molecule has 190 valence electrons. The second-order valence-electron chi connectivity index (χ2n) is 9.38. The number of aliphatic hydroxyl groups is 1. The number of hydrogen-bond acceptors (Lipinski definition) is 8. The molecule has 0 saturated carbocycles. The lowest BCUT2D eigenvalue weighted by Gasteiger charge is -2.38. The number of aliphatic hydroxyl groups excluding tert-OH is 1. The van der Waals surface area contributed by atoms with E-state index in [1.165, 1.54) is 23.0 Å². The van der Waals surface area contributed by atoms with Crippen LogP contribution < -0.4 is 10.3 Å². The first-order valence-corrected chi connectivity index (χ1v) is 16.2. The molecule has 2 atom stereocenters. The molecule has 15 heteroatoms. The van der Waals surface area contributed by atoms with Gasteiger partial charge in [0.2, 0.25) is 0 Å². The predicted octanol–water partition coefficient (Wildman–Crippen LogP) is 0.852. The van der Waals surface area contributed by atoms with Crippen LogP contribution in [0.3, 0.4) is 0 Å². The van der Waals surface area contributed by atoms with Crippen molar-refractivity contribution in [2.75, 3.05) is 0 Å². The van der Waals surface area contributed by atoms with Gasteiger partial charge in [0.1, 0.15) is 0 Å². The summed E-state index contributed by atoms with van der Waals surface area (Å²) in [6.45, 7) is 15.2. The van der Waals surface area contributed by atoms with E-state index < -0.39 is 34.5 Å². The fraction of sp³-hybridized carbons (Fsp3) is 0.667. The molecular weight excluding hydrogens is 488 g/mol. The monoisotopic (exact) mass is 524 g/mol. The Morgan fingerprint density at radius 3 is 1.67 bits per heavy atom. The Kier molecular flexibility index (Phi) is 9.58. The van der Waals surface area contributed by atoms with Crippen LogP contribution in [-0.2, 0) is 37.6 Å². The van der Waals surface area contributed by atoms with Crippen molar-refractivity contribution >= 4 is 28.4 Å². The van der Waals surface area contributed by atoms with Gasteiger partial charge in [-0.3, -0.25) is 9.36 Å². The minimum absolute atomic E-state index is 0.0379. The van der Waals surface area contributed by atoms with Gasteiger partial charge >= 0.3 is 0 Å². The zero-order valence-electron chi connectivity index (χ0n) is 20.1. The lowest BCUT2D eigenvalue weighted by Crippen LogP contribution is -2.44. The van der Waals surface area contributed by atoms with Gasteiger partial charge in [-0.05, 0) is 44.1 Å². The highest BCUT2D eigenvalue weighted by molar-refractivity contribution is 7.89. The average Bonchev–Trinajstić information content (AvgIpc) is 3.22. The Balaban J connectivity index is 0.000000361. The maximum atomic E-state index is 11.2. The second-order valence-corrected chi connectivity index (χ2v) is 17.2. The molecule has 5 N–H and O–H groups in total. The van der Waals surface area contributed by atoms with E-state index in [4.69, 9.17) is 19.8 Å². The first-order chi connectivity index (χ1) is 14.7. The highest BCUT2D eigenvalue weighted by Gasteiger charge is 2.38. The standard InChI is InChI=1S/C12H25N3O3SSi.C6H11N3O3S/c1-10(18-20(5,6)12(2,3)4)9-15-8-7-11(14-15)19(13,16)17;1-5(10)4-9-3-2-6(8-9)13(7,11)12/h7-8,10H,9H2,1-6H3,(H2,13,16,17);2-3,5,10H,4H2,1H3,(H2,7,11,12)/t10-;5-/m11/s1. The predicted molar refractivity (Wildman–Crippen MR) is 127 cm³/mol. The minimum atomic E-state index is -3.74. The molecule has 0 radical (unpaired) electrons. The van der Waals surface area contributed by atoms with Crippen molar-refractivity contribution in [1.29, 1.82) is 0 Å². The highest BCUT2D eigenvalue weighted by atomic mass is 32.2. The molecule has 2 heterocycles. The summed E-state index contributed by atoms with van der Waals surface area (Å²) in [5.41, 5.74) is 0. The van der Waals surface area contributed by atoms with Crippen LogP contribution in [0.15, 0.2) is 34.6 Å². The Hall–Kier alpha value is -1.62. The van der Waals surface area contributed by atoms with Crippen molar-refractivity contribution in [2.24, 2.45) is 10.3 Å². The molecule has 0 aliphatic carbocycles. The fourth-order valence-corrected chi connectivity index (χ4v) is 4.82. The van der Waals surface area contributed by atoms with Gasteiger partial charge in [0.15, 0.2) is 18.4 Å². The van der Waals surface area contributed by atoms with E-state index in [1.807, 2.05) is 6.92 Å². The molecule has 0 amide bonds. The maximum absolute atomic E-state index is 11.2. The number of primary sulfonamides is 2. The molecular formula is C18H36N6O6S2Si. The summed E-state index contributed by atoms with van der Waals surface area (Å²) in [4.78, 5) is 0. The van der Waals surface area contributed by atoms with Crippen molar-refractivity contribution in [3.63, 3.8) is 0 Å². The van der Waals surface area contributed by atoms with Gasteiger partial charge in [-0.2, -0.15) is 10.2 Å². The zero-order chi connectivity index (χ0) is 25.8. The molecule has 2 aromatic rings. The largest absolute Gasteiger partial charge is 0.412 e. The zero-order valence-corrected chi connectivity index (χ0v) is 22.8. The number of rotatable bonds is 8. The van der Waals surface area contributed by atoms with Crippen molar-refractivity contribution < 1.29 is 26.4 Å². The summed E-state index contributed by atoms with van der Waals surface area (Å²) in [5.74, 6) is 0. The highest BCUT2D eigenvalue weighted by Crippen LogP contribution is 2.37. The van der Waals surface area contributed by atoms with Crippen LogP contribution in [0.1, 0.15) is 34.6 Å². The van der Waals surface area contributed by atoms with Crippen LogP contribution in [-0.4, -0.2) is 62.0 Å². The smallest absolute Gasteiger partial charge is 0.257 e. The Bertz CT molecular complexity index is 1120. The molecule has 12 nitrogen and oxygen atoms in total. The van der Waals surface area contributed by atoms with Crippen LogP contribution >= 0.6 is 0 Å². The summed E-state index contributed by atoms with van der Waals surface area (Å²) >= 11 is 0. The van der Waals surface area contributed by atoms with Gasteiger partial charge in [0.25, 0.3) is 20.0 Å². The number of aromatic nitrogens is 4. The number of nitrogens with two attached hydrogens (primary N) is 2. The SMILES string of the molecule is C[C@@H](O)Cn1ccc(S(N)(=O)=O)n1.C[C@H](Cn1ccc(S(N)(=O)=O)n1)O[Si](C)(C)C(C)(C)C. The lowest BCUT2D eigenvalue weighted by atomic mass is 10.2. The molecule has 0 bridgehead atoms. The van der Waals surface area contributed by atoms with Crippen LogP contribution in [0.5, 0.6) is 0 Å². The van der Waals surface area contributed by atoms with Gasteiger partial charge in [-0.15, -0.1) is 0 Å². The van der Waals surface area contributed by atoms with E-state index in [0.29, 0.717) is 6.54 Å². The van der Waals surface area contributed by atoms with Crippen molar-refractivity contribution in [3.05, 3.63) is 24.5 Å². The van der Waals surface area contributed by atoms with E-state index >= 15 is 0 Å². The molecule has 0 fully saturated rings. The number of nitrogens with zero attached hydrogens (tertiary/aromatic N) is 4. The van der Waals surface area contributed by atoms with Crippen molar-refractivity contribution in [2.45, 2.75) is 88.1 Å². The molecule has 0 aromatic carbocycles. The van der Waals surface area contributed by atoms with E-state index in [9.17, 15) is 16.8 Å². The average molecular weight is 525 g/mol. The topological polar surface area (TPSA) is 185 Å². The lowest BCUT2D eigenvalue weighted by molar-refractivity contribution is 0.168. The summed E-state index contributed by atoms with van der Waals surface area (Å²) in [5, 5.41) is 26.3. The maximum Gasteiger partial charge on any atom is 0.257 e. The van der Waals surface area contributed by atoms with Gasteiger partial charge in [-0.25, -0.2) is 27.1 Å². The summed E-state index contributed by atoms with van der Waals surface area (Å²) in [6.07, 6.45) is 2.44. The second kappa shape index (κ2) is 10.8. The van der Waals surface area contributed by atoms with Gasteiger partial charge in [-0.1, -0.05) is 20.8 Å². The van der Waals surface area contributed by atoms with Crippen LogP contribution in [0.4, 0.5) is 0 Å². The summed E-state index contributed by atoms with van der Waals surface area (Å²) in [6, 6.07) is 2.69. The first-order valence-electron chi connectivity index (χ1n) is 10.2. The van der Waals surface area contributed by atoms with E-state index in [0.717, 1.165) is 0 Å². The number of sulfonamides is 2. The van der Waals surface area contributed by atoms with Crippen LogP contribution in [0, 0.1) is 0 Å². The molecule has 2 rings (SSSR count). The Morgan fingerprint density at radius 2 is 1.36 bits per heavy atom. The van der Waals surface area contributed by atoms with Gasteiger partial charge in [0.05, 0.1) is 25.3 Å². The van der Waals surface area contributed by atoms with Crippen LogP contribution in [0.25, 0.3) is 0 Å². The summed E-state index contributed by atoms with van der Waals surface area (Å²) < 4.78 is 53.0. The molecule has 33 heavy (non-hydrogen) atoms. The molecule has 0 saturated heterocycles. The van der Waals surface area contributed by atoms with Crippen molar-refractivity contribution in [3.8, 4) is 0 Å². The summed E-state index contributed by atoms with van der Waals surface area (Å²) in [7, 11) is -9.31. The van der Waals surface area contributed by atoms with Gasteiger partial charge < -0.3 is 9.53 Å². The normalized spacial score (nSPS) is 15.0. The minimum Gasteiger partial charge on any atom is -0.412 e.